The Morgan fingerprint density at radius 1 is 1.06 bits per heavy atom. The third-order valence-corrected chi connectivity index (χ3v) is 6.88. The molecule has 0 aromatic heterocycles. The van der Waals surface area contributed by atoms with Crippen molar-refractivity contribution >= 4 is 46.4 Å². The predicted octanol–water partition coefficient (Wildman–Crippen LogP) is 4.65. The number of hydrogen-bond donors (Lipinski definition) is 2. The molecule has 0 radical (unpaired) electrons. The standard InChI is InChI=1S/C25H29Cl2N5O2/c1-15(2)16-6-8-17(9-7-16)23-21(24(28)33)22(25(34)30-31-12-4-3-5-13-31)29-32(23)20-11-10-18(26)14-19(20)27/h6-11,14-15,21,23H,3-5,12-13H2,1-2H3,(H2,28,33)(H,30,34). The normalized spacial score (nSPS) is 21.0. The van der Waals surface area contributed by atoms with Gasteiger partial charge in [0.1, 0.15) is 11.6 Å². The predicted molar refractivity (Wildman–Crippen MR) is 136 cm³/mol. The molecule has 34 heavy (non-hydrogen) atoms. The fraction of sp³-hybridized carbons (Fsp3) is 0.400. The molecule has 2 aromatic rings. The monoisotopic (exact) mass is 501 g/mol. The van der Waals surface area contributed by atoms with Gasteiger partial charge >= 0.3 is 0 Å². The molecule has 1 saturated heterocycles. The van der Waals surface area contributed by atoms with Gasteiger partial charge in [0.25, 0.3) is 5.91 Å². The van der Waals surface area contributed by atoms with Crippen LogP contribution in [-0.2, 0) is 9.59 Å². The van der Waals surface area contributed by atoms with E-state index in [2.05, 4.69) is 24.4 Å². The molecule has 4 rings (SSSR count). The van der Waals surface area contributed by atoms with Crippen LogP contribution in [0.5, 0.6) is 0 Å². The molecule has 2 aromatic carbocycles. The fourth-order valence-corrected chi connectivity index (χ4v) is 4.99. The van der Waals surface area contributed by atoms with Crippen LogP contribution in [-0.4, -0.2) is 35.6 Å². The fourth-order valence-electron chi connectivity index (χ4n) is 4.50. The van der Waals surface area contributed by atoms with Gasteiger partial charge in [0.05, 0.1) is 16.8 Å². The van der Waals surface area contributed by atoms with Crippen LogP contribution in [0.1, 0.15) is 56.2 Å². The number of hydrazone groups is 1. The van der Waals surface area contributed by atoms with E-state index in [4.69, 9.17) is 28.9 Å². The molecule has 0 aliphatic carbocycles. The van der Waals surface area contributed by atoms with Gasteiger partial charge in [-0.1, -0.05) is 67.7 Å². The number of benzene rings is 2. The van der Waals surface area contributed by atoms with Gasteiger partial charge in [0, 0.05) is 18.1 Å². The number of hydrazine groups is 1. The Morgan fingerprint density at radius 3 is 2.32 bits per heavy atom. The van der Waals surface area contributed by atoms with Crippen molar-refractivity contribution in [3.05, 3.63) is 63.6 Å². The van der Waals surface area contributed by atoms with E-state index in [0.29, 0.717) is 21.7 Å². The molecular formula is C25H29Cl2N5O2. The van der Waals surface area contributed by atoms with Crippen LogP contribution >= 0.6 is 23.2 Å². The van der Waals surface area contributed by atoms with E-state index in [1.807, 2.05) is 29.3 Å². The number of anilines is 1. The quantitative estimate of drug-likeness (QED) is 0.602. The first-order valence-corrected chi connectivity index (χ1v) is 12.3. The summed E-state index contributed by atoms with van der Waals surface area (Å²) in [6, 6.07) is 12.4. The first kappa shape index (κ1) is 24.5. The Hall–Kier alpha value is -2.61. The average Bonchev–Trinajstić information content (AvgIpc) is 3.20. The third kappa shape index (κ3) is 5.06. The van der Waals surface area contributed by atoms with Crippen LogP contribution in [0.2, 0.25) is 10.0 Å². The summed E-state index contributed by atoms with van der Waals surface area (Å²) in [4.78, 5) is 26.0. The number of nitrogens with two attached hydrogens (primary N) is 1. The summed E-state index contributed by atoms with van der Waals surface area (Å²) in [5.74, 6) is -1.66. The van der Waals surface area contributed by atoms with E-state index in [1.54, 1.807) is 23.2 Å². The van der Waals surface area contributed by atoms with Gasteiger partial charge in [0.2, 0.25) is 5.91 Å². The zero-order valence-corrected chi connectivity index (χ0v) is 20.8. The van der Waals surface area contributed by atoms with E-state index in [-0.39, 0.29) is 5.71 Å². The second kappa shape index (κ2) is 10.3. The van der Waals surface area contributed by atoms with E-state index in [0.717, 1.165) is 43.5 Å². The zero-order chi connectivity index (χ0) is 24.4. The second-order valence-electron chi connectivity index (χ2n) is 9.06. The van der Waals surface area contributed by atoms with Crippen LogP contribution in [0, 0.1) is 5.92 Å². The molecule has 3 N–H and O–H groups in total. The highest BCUT2D eigenvalue weighted by Crippen LogP contribution is 2.42. The minimum atomic E-state index is -0.957. The summed E-state index contributed by atoms with van der Waals surface area (Å²) >= 11 is 12.6. The van der Waals surface area contributed by atoms with Gasteiger partial charge in [-0.2, -0.15) is 5.10 Å². The van der Waals surface area contributed by atoms with Crippen molar-refractivity contribution in [1.29, 1.82) is 0 Å². The number of carbonyl (C=O) groups excluding carboxylic acids is 2. The lowest BCUT2D eigenvalue weighted by Crippen LogP contribution is -2.50. The second-order valence-corrected chi connectivity index (χ2v) is 9.90. The van der Waals surface area contributed by atoms with Crippen molar-refractivity contribution in [3.63, 3.8) is 0 Å². The van der Waals surface area contributed by atoms with Crippen LogP contribution in [0.3, 0.4) is 0 Å². The number of piperidine rings is 1. The minimum absolute atomic E-state index is 0.0713. The maximum Gasteiger partial charge on any atom is 0.282 e. The van der Waals surface area contributed by atoms with Crippen molar-refractivity contribution in [1.82, 2.24) is 10.4 Å². The maximum atomic E-state index is 13.3. The number of nitrogens with zero attached hydrogens (tertiary/aromatic N) is 3. The molecule has 0 bridgehead atoms. The Bertz CT molecular complexity index is 1100. The smallest absolute Gasteiger partial charge is 0.282 e. The summed E-state index contributed by atoms with van der Waals surface area (Å²) < 4.78 is 0. The van der Waals surface area contributed by atoms with Gasteiger partial charge in [0.15, 0.2) is 0 Å². The van der Waals surface area contributed by atoms with Crippen LogP contribution < -0.4 is 16.2 Å². The van der Waals surface area contributed by atoms with E-state index in [9.17, 15) is 9.59 Å². The number of primary amides is 1. The van der Waals surface area contributed by atoms with Gasteiger partial charge < -0.3 is 5.73 Å². The van der Waals surface area contributed by atoms with E-state index >= 15 is 0 Å². The zero-order valence-electron chi connectivity index (χ0n) is 19.3. The summed E-state index contributed by atoms with van der Waals surface area (Å²) in [6.45, 7) is 5.74. The van der Waals surface area contributed by atoms with Crippen molar-refractivity contribution in [2.75, 3.05) is 18.1 Å². The number of nitrogens with one attached hydrogen (secondary N) is 1. The Morgan fingerprint density at radius 2 is 1.74 bits per heavy atom. The van der Waals surface area contributed by atoms with Crippen LogP contribution in [0.25, 0.3) is 0 Å². The summed E-state index contributed by atoms with van der Waals surface area (Å²) in [7, 11) is 0. The summed E-state index contributed by atoms with van der Waals surface area (Å²) in [5, 5.41) is 8.94. The summed E-state index contributed by atoms with van der Waals surface area (Å²) in [6.07, 6.45) is 3.14. The lowest BCUT2D eigenvalue weighted by molar-refractivity contribution is -0.123. The van der Waals surface area contributed by atoms with E-state index < -0.39 is 23.8 Å². The molecule has 2 heterocycles. The molecule has 2 aliphatic heterocycles. The van der Waals surface area contributed by atoms with Crippen LogP contribution in [0.4, 0.5) is 5.69 Å². The molecule has 0 spiro atoms. The average molecular weight is 502 g/mol. The molecule has 1 fully saturated rings. The van der Waals surface area contributed by atoms with E-state index in [1.165, 1.54) is 0 Å². The molecule has 180 valence electrons. The SMILES string of the molecule is CC(C)c1ccc(C2C(C(N)=O)C(C(=O)NN3CCCCC3)=NN2c2ccc(Cl)cc2Cl)cc1. The third-order valence-electron chi connectivity index (χ3n) is 6.35. The molecule has 7 nitrogen and oxygen atoms in total. The van der Waals surface area contributed by atoms with Crippen molar-refractivity contribution in [2.24, 2.45) is 16.8 Å². The van der Waals surface area contributed by atoms with Crippen molar-refractivity contribution in [2.45, 2.75) is 45.1 Å². The number of hydrogen-bond acceptors (Lipinski definition) is 5. The number of halogens is 2. The molecule has 2 unspecified atom stereocenters. The highest BCUT2D eigenvalue weighted by Gasteiger charge is 2.46. The van der Waals surface area contributed by atoms with Crippen LogP contribution in [0.15, 0.2) is 47.6 Å². The summed E-state index contributed by atoms with van der Waals surface area (Å²) in [5.41, 5.74) is 11.4. The van der Waals surface area contributed by atoms with Crippen molar-refractivity contribution < 1.29 is 9.59 Å². The Balaban J connectivity index is 1.76. The van der Waals surface area contributed by atoms with Gasteiger partial charge in [-0.05, 0) is 48.1 Å². The Kier molecular flexibility index (Phi) is 7.45. The molecule has 2 amide bonds. The molecule has 2 atom stereocenters. The first-order chi connectivity index (χ1) is 16.3. The largest absolute Gasteiger partial charge is 0.369 e. The topological polar surface area (TPSA) is 91.0 Å². The Labute approximate surface area is 209 Å². The van der Waals surface area contributed by atoms with Gasteiger partial charge in [-0.15, -0.1) is 0 Å². The minimum Gasteiger partial charge on any atom is -0.369 e. The van der Waals surface area contributed by atoms with Gasteiger partial charge in [-0.3, -0.25) is 20.0 Å². The molecule has 2 aliphatic rings. The van der Waals surface area contributed by atoms with Gasteiger partial charge in [-0.25, -0.2) is 5.01 Å². The lowest BCUT2D eigenvalue weighted by Gasteiger charge is -2.28. The number of rotatable bonds is 6. The maximum absolute atomic E-state index is 13.3. The molecule has 0 saturated carbocycles. The first-order valence-electron chi connectivity index (χ1n) is 11.5. The highest BCUT2D eigenvalue weighted by molar-refractivity contribution is 6.44. The molecular weight excluding hydrogens is 473 g/mol. The number of carbonyl (C=O) groups is 2. The highest BCUT2D eigenvalue weighted by atomic mass is 35.5. The number of amides is 2. The van der Waals surface area contributed by atoms with Crippen molar-refractivity contribution in [3.8, 4) is 0 Å². The molecule has 9 heteroatoms. The lowest BCUT2D eigenvalue weighted by atomic mass is 9.87.